The van der Waals surface area contributed by atoms with Crippen molar-refractivity contribution in [3.63, 3.8) is 0 Å². The number of hydrogen-bond donors (Lipinski definition) is 1. The van der Waals surface area contributed by atoms with Gasteiger partial charge in [-0.05, 0) is 42.8 Å². The van der Waals surface area contributed by atoms with Crippen molar-refractivity contribution in [2.24, 2.45) is 0 Å². The molecule has 3 heteroatoms. The molecule has 0 unspecified atom stereocenters. The second kappa shape index (κ2) is 4.14. The SMILES string of the molecule is Cc1cc(C(=O)c2cccnc2)ccc1O. The lowest BCUT2D eigenvalue weighted by Gasteiger charge is -2.03. The first-order valence-electron chi connectivity index (χ1n) is 4.93. The minimum absolute atomic E-state index is 0.0869. The van der Waals surface area contributed by atoms with Gasteiger partial charge in [0.1, 0.15) is 5.75 Å². The zero-order valence-electron chi connectivity index (χ0n) is 8.84. The van der Waals surface area contributed by atoms with Crippen molar-refractivity contribution in [3.05, 3.63) is 59.4 Å². The molecule has 3 nitrogen and oxygen atoms in total. The number of carbonyl (C=O) groups is 1. The van der Waals surface area contributed by atoms with Gasteiger partial charge >= 0.3 is 0 Å². The first-order valence-corrected chi connectivity index (χ1v) is 4.93. The quantitative estimate of drug-likeness (QED) is 0.779. The predicted octanol–water partition coefficient (Wildman–Crippen LogP) is 2.33. The molecule has 0 fully saturated rings. The molecular weight excluding hydrogens is 202 g/mol. The van der Waals surface area contributed by atoms with Crippen molar-refractivity contribution >= 4 is 5.78 Å². The normalized spacial score (nSPS) is 10.1. The van der Waals surface area contributed by atoms with E-state index in [0.29, 0.717) is 16.7 Å². The monoisotopic (exact) mass is 213 g/mol. The van der Waals surface area contributed by atoms with Crippen LogP contribution < -0.4 is 0 Å². The Labute approximate surface area is 93.4 Å². The average molecular weight is 213 g/mol. The molecule has 16 heavy (non-hydrogen) atoms. The zero-order valence-corrected chi connectivity index (χ0v) is 8.84. The van der Waals surface area contributed by atoms with Crippen molar-refractivity contribution in [2.45, 2.75) is 6.92 Å². The molecule has 1 aromatic carbocycles. The number of phenolic OH excluding ortho intramolecular Hbond substituents is 1. The van der Waals surface area contributed by atoms with E-state index in [0.717, 1.165) is 0 Å². The van der Waals surface area contributed by atoms with Crippen molar-refractivity contribution < 1.29 is 9.90 Å². The number of benzene rings is 1. The summed E-state index contributed by atoms with van der Waals surface area (Å²) in [4.78, 5) is 15.9. The van der Waals surface area contributed by atoms with E-state index in [4.69, 9.17) is 0 Å². The predicted molar refractivity (Wildman–Crippen MR) is 60.5 cm³/mol. The Morgan fingerprint density at radius 3 is 2.69 bits per heavy atom. The highest BCUT2D eigenvalue weighted by molar-refractivity contribution is 6.08. The van der Waals surface area contributed by atoms with Crippen LogP contribution in [0, 0.1) is 6.92 Å². The summed E-state index contributed by atoms with van der Waals surface area (Å²) in [5.41, 5.74) is 1.80. The largest absolute Gasteiger partial charge is 0.508 e. The van der Waals surface area contributed by atoms with E-state index in [-0.39, 0.29) is 11.5 Å². The fourth-order valence-corrected chi connectivity index (χ4v) is 1.46. The molecular formula is C13H11NO2. The Morgan fingerprint density at radius 2 is 2.06 bits per heavy atom. The number of pyridine rings is 1. The molecule has 0 saturated heterocycles. The summed E-state index contributed by atoms with van der Waals surface area (Å²) in [7, 11) is 0. The van der Waals surface area contributed by atoms with Gasteiger partial charge in [-0.1, -0.05) is 0 Å². The summed E-state index contributed by atoms with van der Waals surface area (Å²) < 4.78 is 0. The third-order valence-corrected chi connectivity index (χ3v) is 2.38. The molecule has 0 aliphatic rings. The van der Waals surface area contributed by atoms with Crippen LogP contribution in [0.5, 0.6) is 5.75 Å². The number of phenols is 1. The second-order valence-corrected chi connectivity index (χ2v) is 3.57. The highest BCUT2D eigenvalue weighted by atomic mass is 16.3. The summed E-state index contributed by atoms with van der Waals surface area (Å²) in [5.74, 6) is 0.110. The van der Waals surface area contributed by atoms with Gasteiger partial charge < -0.3 is 5.11 Å². The number of ketones is 1. The maximum atomic E-state index is 12.0. The molecule has 1 heterocycles. The van der Waals surface area contributed by atoms with Gasteiger partial charge in [0.2, 0.25) is 0 Å². The molecule has 2 rings (SSSR count). The van der Waals surface area contributed by atoms with Gasteiger partial charge in [-0.15, -0.1) is 0 Å². The first kappa shape index (κ1) is 10.4. The van der Waals surface area contributed by atoms with Crippen molar-refractivity contribution in [3.8, 4) is 5.75 Å². The molecule has 1 aromatic heterocycles. The second-order valence-electron chi connectivity index (χ2n) is 3.57. The highest BCUT2D eigenvalue weighted by Gasteiger charge is 2.09. The number of nitrogens with zero attached hydrogens (tertiary/aromatic N) is 1. The molecule has 1 N–H and O–H groups in total. The van der Waals surface area contributed by atoms with Crippen molar-refractivity contribution in [1.29, 1.82) is 0 Å². The van der Waals surface area contributed by atoms with Crippen molar-refractivity contribution in [1.82, 2.24) is 4.98 Å². The Kier molecular flexibility index (Phi) is 2.68. The van der Waals surface area contributed by atoms with Crippen LogP contribution in [0.25, 0.3) is 0 Å². The Bertz CT molecular complexity index is 521. The van der Waals surface area contributed by atoms with E-state index in [9.17, 15) is 9.90 Å². The van der Waals surface area contributed by atoms with Crippen LogP contribution in [0.2, 0.25) is 0 Å². The number of aromatic hydroxyl groups is 1. The zero-order chi connectivity index (χ0) is 11.5. The maximum absolute atomic E-state index is 12.0. The number of hydrogen-bond acceptors (Lipinski definition) is 3. The van der Waals surface area contributed by atoms with Gasteiger partial charge in [-0.25, -0.2) is 0 Å². The van der Waals surface area contributed by atoms with Gasteiger partial charge in [-0.2, -0.15) is 0 Å². The molecule has 0 aliphatic heterocycles. The van der Waals surface area contributed by atoms with Crippen LogP contribution in [-0.2, 0) is 0 Å². The lowest BCUT2D eigenvalue weighted by molar-refractivity contribution is 0.103. The molecule has 0 radical (unpaired) electrons. The molecule has 0 aliphatic carbocycles. The molecule has 80 valence electrons. The molecule has 0 bridgehead atoms. The summed E-state index contributed by atoms with van der Waals surface area (Å²) in [6.45, 7) is 1.76. The lowest BCUT2D eigenvalue weighted by atomic mass is 10.0. The maximum Gasteiger partial charge on any atom is 0.194 e. The Balaban J connectivity index is 2.39. The van der Waals surface area contributed by atoms with E-state index in [2.05, 4.69) is 4.98 Å². The number of aromatic nitrogens is 1. The summed E-state index contributed by atoms with van der Waals surface area (Å²) in [6.07, 6.45) is 3.16. The van der Waals surface area contributed by atoms with Crippen LogP contribution in [0.1, 0.15) is 21.5 Å². The van der Waals surface area contributed by atoms with Crippen LogP contribution in [-0.4, -0.2) is 15.9 Å². The molecule has 2 aromatic rings. The minimum atomic E-state index is -0.0869. The van der Waals surface area contributed by atoms with E-state index >= 15 is 0 Å². The van der Waals surface area contributed by atoms with Crippen LogP contribution in [0.3, 0.4) is 0 Å². The smallest absolute Gasteiger partial charge is 0.194 e. The number of carbonyl (C=O) groups excluding carboxylic acids is 1. The molecule has 0 spiro atoms. The van der Waals surface area contributed by atoms with E-state index in [1.807, 2.05) is 0 Å². The lowest BCUT2D eigenvalue weighted by Crippen LogP contribution is -2.01. The summed E-state index contributed by atoms with van der Waals surface area (Å²) >= 11 is 0. The third kappa shape index (κ3) is 1.93. The van der Waals surface area contributed by atoms with Gasteiger partial charge in [0.25, 0.3) is 0 Å². The fraction of sp³-hybridized carbons (Fsp3) is 0.0769. The van der Waals surface area contributed by atoms with Crippen molar-refractivity contribution in [2.75, 3.05) is 0 Å². The summed E-state index contributed by atoms with van der Waals surface area (Å²) in [5, 5.41) is 9.37. The summed E-state index contributed by atoms with van der Waals surface area (Å²) in [6, 6.07) is 8.25. The Morgan fingerprint density at radius 1 is 1.25 bits per heavy atom. The number of aryl methyl sites for hydroxylation is 1. The Hall–Kier alpha value is -2.16. The number of rotatable bonds is 2. The van der Waals surface area contributed by atoms with Gasteiger partial charge in [0.15, 0.2) is 5.78 Å². The van der Waals surface area contributed by atoms with Gasteiger partial charge in [-0.3, -0.25) is 9.78 Å². The minimum Gasteiger partial charge on any atom is -0.508 e. The van der Waals surface area contributed by atoms with E-state index in [1.54, 1.807) is 37.4 Å². The first-order chi connectivity index (χ1) is 7.68. The topological polar surface area (TPSA) is 50.2 Å². The average Bonchev–Trinajstić information content (AvgIpc) is 2.33. The fourth-order valence-electron chi connectivity index (χ4n) is 1.46. The molecule has 0 amide bonds. The third-order valence-electron chi connectivity index (χ3n) is 2.38. The van der Waals surface area contributed by atoms with Gasteiger partial charge in [0.05, 0.1) is 0 Å². The van der Waals surface area contributed by atoms with E-state index < -0.39 is 0 Å². The van der Waals surface area contributed by atoms with Crippen LogP contribution in [0.4, 0.5) is 0 Å². The molecule has 0 saturated carbocycles. The van der Waals surface area contributed by atoms with E-state index in [1.165, 1.54) is 12.3 Å². The highest BCUT2D eigenvalue weighted by Crippen LogP contribution is 2.18. The van der Waals surface area contributed by atoms with Crippen LogP contribution >= 0.6 is 0 Å². The standard InChI is InChI=1S/C13H11NO2/c1-9-7-10(4-5-12(9)15)13(16)11-3-2-6-14-8-11/h2-8,15H,1H3. The molecule has 0 atom stereocenters. The van der Waals surface area contributed by atoms with Crippen LogP contribution in [0.15, 0.2) is 42.7 Å². The van der Waals surface area contributed by atoms with Gasteiger partial charge in [0, 0.05) is 23.5 Å².